The molecule has 2 rings (SSSR count). The predicted molar refractivity (Wildman–Crippen MR) is 85.9 cm³/mol. The van der Waals surface area contributed by atoms with Gasteiger partial charge in [0.2, 0.25) is 5.91 Å². The Morgan fingerprint density at radius 3 is 2.86 bits per heavy atom. The molecule has 0 bridgehead atoms. The topological polar surface area (TPSA) is 72.5 Å². The normalized spacial score (nSPS) is 20.2. The van der Waals surface area contributed by atoms with E-state index in [1.807, 2.05) is 25.1 Å². The fourth-order valence-electron chi connectivity index (χ4n) is 2.19. The van der Waals surface area contributed by atoms with Crippen LogP contribution in [0.1, 0.15) is 12.0 Å². The van der Waals surface area contributed by atoms with E-state index in [1.54, 1.807) is 7.11 Å². The number of carbonyl (C=O) groups is 1. The van der Waals surface area contributed by atoms with Gasteiger partial charge in [-0.25, -0.2) is 8.42 Å². The lowest BCUT2D eigenvalue weighted by Gasteiger charge is -2.12. The monoisotopic (exact) mass is 329 g/mol. The Balaban J connectivity index is 1.89. The predicted octanol–water partition coefficient (Wildman–Crippen LogP) is 1.86. The molecule has 1 amide bonds. The summed E-state index contributed by atoms with van der Waals surface area (Å²) >= 11 is 1.40. The van der Waals surface area contributed by atoms with Crippen molar-refractivity contribution in [3.63, 3.8) is 0 Å². The van der Waals surface area contributed by atoms with Crippen molar-refractivity contribution < 1.29 is 17.9 Å². The minimum Gasteiger partial charge on any atom is -0.495 e. The van der Waals surface area contributed by atoms with Gasteiger partial charge < -0.3 is 10.1 Å². The van der Waals surface area contributed by atoms with Gasteiger partial charge in [0, 0.05) is 5.25 Å². The third-order valence-electron chi connectivity index (χ3n) is 3.27. The van der Waals surface area contributed by atoms with Crippen molar-refractivity contribution in [1.29, 1.82) is 0 Å². The van der Waals surface area contributed by atoms with E-state index in [4.69, 9.17) is 4.74 Å². The summed E-state index contributed by atoms with van der Waals surface area (Å²) in [5.74, 6) is 1.13. The summed E-state index contributed by atoms with van der Waals surface area (Å²) in [5, 5.41) is 2.84. The van der Waals surface area contributed by atoms with Crippen LogP contribution in [0.15, 0.2) is 18.2 Å². The SMILES string of the molecule is COc1ccc(C)cc1NC(=O)CS[C@H]1CCS(=O)(=O)C1. The zero-order valence-corrected chi connectivity index (χ0v) is 13.7. The summed E-state index contributed by atoms with van der Waals surface area (Å²) in [7, 11) is -1.34. The maximum absolute atomic E-state index is 12.0. The van der Waals surface area contributed by atoms with Crippen LogP contribution in [-0.4, -0.2) is 43.9 Å². The van der Waals surface area contributed by atoms with Gasteiger partial charge in [0.25, 0.3) is 0 Å². The fraction of sp³-hybridized carbons (Fsp3) is 0.500. The molecule has 1 aromatic rings. The molecule has 1 aromatic carbocycles. The number of hydrogen-bond donors (Lipinski definition) is 1. The van der Waals surface area contributed by atoms with Crippen LogP contribution < -0.4 is 10.1 Å². The summed E-state index contributed by atoms with van der Waals surface area (Å²) < 4.78 is 27.9. The molecule has 1 N–H and O–H groups in total. The molecule has 0 unspecified atom stereocenters. The molecule has 7 heteroatoms. The lowest BCUT2D eigenvalue weighted by Crippen LogP contribution is -2.17. The molecular formula is C14H19NO4S2. The molecule has 0 aliphatic carbocycles. The van der Waals surface area contributed by atoms with Crippen molar-refractivity contribution in [3.05, 3.63) is 23.8 Å². The summed E-state index contributed by atoms with van der Waals surface area (Å²) in [6, 6.07) is 5.57. The van der Waals surface area contributed by atoms with Gasteiger partial charge in [-0.15, -0.1) is 11.8 Å². The molecule has 0 saturated carbocycles. The molecule has 1 atom stereocenters. The zero-order valence-electron chi connectivity index (χ0n) is 12.1. The highest BCUT2D eigenvalue weighted by Crippen LogP contribution is 2.27. The number of thioether (sulfide) groups is 1. The largest absolute Gasteiger partial charge is 0.495 e. The molecule has 1 fully saturated rings. The Kier molecular flexibility index (Phi) is 5.16. The van der Waals surface area contributed by atoms with Crippen LogP contribution in [0.4, 0.5) is 5.69 Å². The molecule has 0 radical (unpaired) electrons. The van der Waals surface area contributed by atoms with Crippen LogP contribution in [0.3, 0.4) is 0 Å². The van der Waals surface area contributed by atoms with Gasteiger partial charge in [0.05, 0.1) is 30.1 Å². The summed E-state index contributed by atoms with van der Waals surface area (Å²) in [6.07, 6.45) is 0.633. The van der Waals surface area contributed by atoms with Crippen molar-refractivity contribution >= 4 is 33.2 Å². The quantitative estimate of drug-likeness (QED) is 0.893. The summed E-state index contributed by atoms with van der Waals surface area (Å²) in [5.41, 5.74) is 1.67. The lowest BCUT2D eigenvalue weighted by atomic mass is 10.2. The average molecular weight is 329 g/mol. The number of aryl methyl sites for hydroxylation is 1. The van der Waals surface area contributed by atoms with Crippen LogP contribution in [0, 0.1) is 6.92 Å². The zero-order chi connectivity index (χ0) is 15.5. The minimum atomic E-state index is -2.89. The second-order valence-corrected chi connectivity index (χ2v) is 8.61. The summed E-state index contributed by atoms with van der Waals surface area (Å²) in [6.45, 7) is 1.94. The molecule has 5 nitrogen and oxygen atoms in total. The molecule has 0 spiro atoms. The van der Waals surface area contributed by atoms with Crippen molar-refractivity contribution in [2.45, 2.75) is 18.6 Å². The number of rotatable bonds is 5. The van der Waals surface area contributed by atoms with Gasteiger partial charge in [-0.3, -0.25) is 4.79 Å². The highest BCUT2D eigenvalue weighted by atomic mass is 32.2. The molecule has 116 valence electrons. The van der Waals surface area contributed by atoms with Gasteiger partial charge in [-0.2, -0.15) is 0 Å². The van der Waals surface area contributed by atoms with E-state index in [1.165, 1.54) is 11.8 Å². The van der Waals surface area contributed by atoms with E-state index < -0.39 is 9.84 Å². The Labute approximate surface area is 129 Å². The highest BCUT2D eigenvalue weighted by molar-refractivity contribution is 8.02. The number of benzene rings is 1. The molecule has 1 saturated heterocycles. The number of sulfone groups is 1. The number of hydrogen-bond acceptors (Lipinski definition) is 5. The van der Waals surface area contributed by atoms with Gasteiger partial charge in [0.1, 0.15) is 5.75 Å². The number of nitrogens with one attached hydrogen (secondary N) is 1. The van der Waals surface area contributed by atoms with E-state index in [0.29, 0.717) is 17.9 Å². The molecular weight excluding hydrogens is 310 g/mol. The van der Waals surface area contributed by atoms with Crippen molar-refractivity contribution in [3.8, 4) is 5.75 Å². The number of anilines is 1. The maximum Gasteiger partial charge on any atom is 0.234 e. The third-order valence-corrected chi connectivity index (χ3v) is 6.55. The Bertz CT molecular complexity index is 628. The number of carbonyl (C=O) groups excluding carboxylic acids is 1. The Morgan fingerprint density at radius 1 is 1.48 bits per heavy atom. The average Bonchev–Trinajstić information content (AvgIpc) is 2.76. The molecule has 1 aliphatic heterocycles. The fourth-order valence-corrected chi connectivity index (χ4v) is 5.63. The van der Waals surface area contributed by atoms with Crippen molar-refractivity contribution in [1.82, 2.24) is 0 Å². The second kappa shape index (κ2) is 6.70. The van der Waals surface area contributed by atoms with E-state index in [-0.39, 0.29) is 28.4 Å². The van der Waals surface area contributed by atoms with Gasteiger partial charge >= 0.3 is 0 Å². The second-order valence-electron chi connectivity index (χ2n) is 5.09. The van der Waals surface area contributed by atoms with Crippen LogP contribution >= 0.6 is 11.8 Å². The van der Waals surface area contributed by atoms with Crippen molar-refractivity contribution in [2.75, 3.05) is 29.7 Å². The standard InChI is InChI=1S/C14H19NO4S2/c1-10-3-4-13(19-2)12(7-10)15-14(16)8-20-11-5-6-21(17,18)9-11/h3-4,7,11H,5-6,8-9H2,1-2H3,(H,15,16)/t11-/m0/s1. The number of amides is 1. The van der Waals surface area contributed by atoms with Crippen LogP contribution in [0.5, 0.6) is 5.75 Å². The lowest BCUT2D eigenvalue weighted by molar-refractivity contribution is -0.113. The van der Waals surface area contributed by atoms with Crippen LogP contribution in [0.25, 0.3) is 0 Å². The van der Waals surface area contributed by atoms with Gasteiger partial charge in [0.15, 0.2) is 9.84 Å². The highest BCUT2D eigenvalue weighted by Gasteiger charge is 2.28. The van der Waals surface area contributed by atoms with Gasteiger partial charge in [-0.1, -0.05) is 6.07 Å². The van der Waals surface area contributed by atoms with E-state index in [0.717, 1.165) is 5.56 Å². The first kappa shape index (κ1) is 16.2. The van der Waals surface area contributed by atoms with Gasteiger partial charge in [-0.05, 0) is 31.0 Å². The summed E-state index contributed by atoms with van der Waals surface area (Å²) in [4.78, 5) is 12.0. The first-order valence-corrected chi connectivity index (χ1v) is 9.53. The molecule has 0 aromatic heterocycles. The van der Waals surface area contributed by atoms with E-state index in [9.17, 15) is 13.2 Å². The van der Waals surface area contributed by atoms with E-state index >= 15 is 0 Å². The maximum atomic E-state index is 12.0. The van der Waals surface area contributed by atoms with Crippen LogP contribution in [-0.2, 0) is 14.6 Å². The third kappa shape index (κ3) is 4.64. The van der Waals surface area contributed by atoms with E-state index in [2.05, 4.69) is 5.32 Å². The molecule has 1 heterocycles. The molecule has 21 heavy (non-hydrogen) atoms. The Hall–Kier alpha value is -1.21. The minimum absolute atomic E-state index is 0.0279. The molecule has 1 aliphatic rings. The number of ether oxygens (including phenoxy) is 1. The van der Waals surface area contributed by atoms with Crippen molar-refractivity contribution in [2.24, 2.45) is 0 Å². The first-order valence-electron chi connectivity index (χ1n) is 6.66. The van der Waals surface area contributed by atoms with Crippen LogP contribution in [0.2, 0.25) is 0 Å². The first-order chi connectivity index (χ1) is 9.89. The Morgan fingerprint density at radius 2 is 2.24 bits per heavy atom. The number of methoxy groups -OCH3 is 1. The smallest absolute Gasteiger partial charge is 0.234 e.